The number of ether oxygens (including phenoxy) is 1. The van der Waals surface area contributed by atoms with Crippen LogP contribution in [0.3, 0.4) is 0 Å². The predicted octanol–water partition coefficient (Wildman–Crippen LogP) is 1.94. The van der Waals surface area contributed by atoms with E-state index < -0.39 is 13.0 Å². The second-order valence-electron chi connectivity index (χ2n) is 5.11. The van der Waals surface area contributed by atoms with Gasteiger partial charge >= 0.3 is 0 Å². The fourth-order valence-corrected chi connectivity index (χ4v) is 1.20. The lowest BCUT2D eigenvalue weighted by molar-refractivity contribution is 0.0182. The highest BCUT2D eigenvalue weighted by atomic mass is 19.3. The normalized spacial score (nSPS) is 14.2. The number of rotatable bonds is 6. The molecule has 1 heterocycles. The zero-order valence-electron chi connectivity index (χ0n) is 10.8. The van der Waals surface area contributed by atoms with Crippen LogP contribution in [-0.4, -0.2) is 29.8 Å². The van der Waals surface area contributed by atoms with Crippen LogP contribution in [0.15, 0.2) is 4.52 Å². The summed E-state index contributed by atoms with van der Waals surface area (Å²) in [6, 6.07) is -0.360. The van der Waals surface area contributed by atoms with Gasteiger partial charge in [0.05, 0.1) is 12.6 Å². The van der Waals surface area contributed by atoms with Gasteiger partial charge in [0.2, 0.25) is 5.89 Å². The van der Waals surface area contributed by atoms with E-state index in [9.17, 15) is 8.78 Å². The first-order chi connectivity index (χ1) is 8.30. The summed E-state index contributed by atoms with van der Waals surface area (Å²) >= 11 is 0. The van der Waals surface area contributed by atoms with Crippen LogP contribution in [0.4, 0.5) is 8.78 Å². The second-order valence-corrected chi connectivity index (χ2v) is 5.11. The van der Waals surface area contributed by atoms with E-state index in [0.717, 1.165) is 0 Å². The molecule has 0 bridgehead atoms. The number of nitrogens with zero attached hydrogens (tertiary/aromatic N) is 2. The topological polar surface area (TPSA) is 74.2 Å². The van der Waals surface area contributed by atoms with E-state index in [1.807, 2.05) is 20.8 Å². The van der Waals surface area contributed by atoms with Gasteiger partial charge in [0.25, 0.3) is 6.43 Å². The lowest BCUT2D eigenvalue weighted by atomic mass is 9.87. The Labute approximate surface area is 105 Å². The largest absolute Gasteiger partial charge is 0.375 e. The van der Waals surface area contributed by atoms with E-state index in [0.29, 0.717) is 18.1 Å². The minimum absolute atomic E-state index is 0.133. The summed E-state index contributed by atoms with van der Waals surface area (Å²) in [4.78, 5) is 4.12. The molecule has 1 rings (SSSR count). The van der Waals surface area contributed by atoms with Gasteiger partial charge in [0.15, 0.2) is 5.82 Å². The molecule has 0 amide bonds. The molecule has 0 saturated carbocycles. The molecule has 1 aromatic heterocycles. The van der Waals surface area contributed by atoms with E-state index in [1.54, 1.807) is 0 Å². The summed E-state index contributed by atoms with van der Waals surface area (Å²) in [6.07, 6.45) is -2.13. The van der Waals surface area contributed by atoms with Gasteiger partial charge in [-0.3, -0.25) is 0 Å². The zero-order valence-corrected chi connectivity index (χ0v) is 10.8. The van der Waals surface area contributed by atoms with Crippen LogP contribution in [0, 0.1) is 5.41 Å². The Morgan fingerprint density at radius 1 is 1.39 bits per heavy atom. The summed E-state index contributed by atoms with van der Waals surface area (Å²) in [7, 11) is 0. The van der Waals surface area contributed by atoms with Crippen molar-refractivity contribution in [2.24, 2.45) is 11.1 Å². The second kappa shape index (κ2) is 6.19. The molecule has 0 aliphatic carbocycles. The smallest absolute Gasteiger partial charge is 0.261 e. The Morgan fingerprint density at radius 3 is 2.61 bits per heavy atom. The van der Waals surface area contributed by atoms with Gasteiger partial charge in [0.1, 0.15) is 6.61 Å². The van der Waals surface area contributed by atoms with E-state index in [4.69, 9.17) is 15.0 Å². The lowest BCUT2D eigenvalue weighted by Gasteiger charge is -2.23. The van der Waals surface area contributed by atoms with Crippen molar-refractivity contribution < 1.29 is 18.0 Å². The monoisotopic (exact) mass is 263 g/mol. The lowest BCUT2D eigenvalue weighted by Crippen LogP contribution is -2.26. The van der Waals surface area contributed by atoms with Crippen LogP contribution in [0.1, 0.15) is 38.5 Å². The zero-order chi connectivity index (χ0) is 13.8. The number of hydrogen-bond acceptors (Lipinski definition) is 5. The molecule has 0 fully saturated rings. The van der Waals surface area contributed by atoms with Gasteiger partial charge in [-0.15, -0.1) is 0 Å². The van der Waals surface area contributed by atoms with Crippen LogP contribution in [-0.2, 0) is 11.2 Å². The van der Waals surface area contributed by atoms with Gasteiger partial charge in [-0.05, 0) is 5.41 Å². The molecule has 0 aliphatic heterocycles. The van der Waals surface area contributed by atoms with Crippen LogP contribution < -0.4 is 5.73 Å². The minimum atomic E-state index is -2.46. The van der Waals surface area contributed by atoms with Crippen molar-refractivity contribution >= 4 is 0 Å². The van der Waals surface area contributed by atoms with Crippen LogP contribution in [0.25, 0.3) is 0 Å². The van der Waals surface area contributed by atoms with E-state index in [1.165, 1.54) is 0 Å². The van der Waals surface area contributed by atoms with E-state index in [2.05, 4.69) is 10.1 Å². The number of nitrogens with two attached hydrogens (primary N) is 1. The average Bonchev–Trinajstić information content (AvgIpc) is 2.70. The average molecular weight is 263 g/mol. The SMILES string of the molecule is CC(C)(C)[C@@H](N)c1nc(CCOCC(F)F)no1. The quantitative estimate of drug-likeness (QED) is 0.794. The Morgan fingerprint density at radius 2 is 2.06 bits per heavy atom. The van der Waals surface area contributed by atoms with Crippen molar-refractivity contribution in [2.45, 2.75) is 39.7 Å². The molecule has 0 spiro atoms. The van der Waals surface area contributed by atoms with Crippen LogP contribution in [0.2, 0.25) is 0 Å². The van der Waals surface area contributed by atoms with Crippen molar-refractivity contribution in [3.05, 3.63) is 11.7 Å². The fourth-order valence-electron chi connectivity index (χ4n) is 1.20. The molecule has 0 aromatic carbocycles. The molecule has 7 heteroatoms. The maximum atomic E-state index is 11.8. The molecule has 1 aromatic rings. The third kappa shape index (κ3) is 4.66. The molecule has 0 unspecified atom stereocenters. The number of halogens is 2. The van der Waals surface area contributed by atoms with Crippen LogP contribution >= 0.6 is 0 Å². The number of hydrogen-bond donors (Lipinski definition) is 1. The van der Waals surface area contributed by atoms with Crippen molar-refractivity contribution in [1.82, 2.24) is 10.1 Å². The number of aromatic nitrogens is 2. The Kier molecular flexibility index (Phi) is 5.15. The molecule has 104 valence electrons. The van der Waals surface area contributed by atoms with Crippen molar-refractivity contribution in [3.63, 3.8) is 0 Å². The molecule has 1 atom stereocenters. The van der Waals surface area contributed by atoms with Crippen molar-refractivity contribution in [1.29, 1.82) is 0 Å². The molecule has 2 N–H and O–H groups in total. The molecule has 5 nitrogen and oxygen atoms in total. The first-order valence-corrected chi connectivity index (χ1v) is 5.74. The summed E-state index contributed by atoms with van der Waals surface area (Å²) in [6.45, 7) is 5.45. The summed E-state index contributed by atoms with van der Waals surface area (Å²) in [5.74, 6) is 0.769. The highest BCUT2D eigenvalue weighted by molar-refractivity contribution is 4.96. The van der Waals surface area contributed by atoms with Gasteiger partial charge in [-0.2, -0.15) is 4.98 Å². The maximum Gasteiger partial charge on any atom is 0.261 e. The summed E-state index contributed by atoms with van der Waals surface area (Å²) < 4.78 is 33.4. The Balaban J connectivity index is 2.44. The van der Waals surface area contributed by atoms with E-state index in [-0.39, 0.29) is 18.1 Å². The highest BCUT2D eigenvalue weighted by Gasteiger charge is 2.27. The molecular formula is C11H19F2N3O2. The molecule has 0 saturated heterocycles. The van der Waals surface area contributed by atoms with Gasteiger partial charge < -0.3 is 15.0 Å². The first kappa shape index (κ1) is 15.0. The van der Waals surface area contributed by atoms with Crippen molar-refractivity contribution in [3.8, 4) is 0 Å². The van der Waals surface area contributed by atoms with Gasteiger partial charge in [0, 0.05) is 6.42 Å². The Hall–Kier alpha value is -1.08. The maximum absolute atomic E-state index is 11.8. The third-order valence-electron chi connectivity index (χ3n) is 2.40. The Bertz CT molecular complexity index is 363. The van der Waals surface area contributed by atoms with Crippen molar-refractivity contribution in [2.75, 3.05) is 13.2 Å². The van der Waals surface area contributed by atoms with Crippen LogP contribution in [0.5, 0.6) is 0 Å². The number of alkyl halides is 2. The standard InChI is InChI=1S/C11H19F2N3O2/c1-11(2,3)9(14)10-15-8(16-18-10)4-5-17-6-7(12)13/h7,9H,4-6,14H2,1-3H3/t9-/m0/s1. The minimum Gasteiger partial charge on any atom is -0.375 e. The van der Waals surface area contributed by atoms with Gasteiger partial charge in [-0.1, -0.05) is 25.9 Å². The first-order valence-electron chi connectivity index (χ1n) is 5.74. The third-order valence-corrected chi connectivity index (χ3v) is 2.40. The van der Waals surface area contributed by atoms with E-state index >= 15 is 0 Å². The van der Waals surface area contributed by atoms with Gasteiger partial charge in [-0.25, -0.2) is 8.78 Å². The predicted molar refractivity (Wildman–Crippen MR) is 61.2 cm³/mol. The summed E-state index contributed by atoms with van der Waals surface area (Å²) in [5.41, 5.74) is 5.77. The highest BCUT2D eigenvalue weighted by Crippen LogP contribution is 2.29. The molecular weight excluding hydrogens is 244 g/mol. The molecule has 0 aliphatic rings. The molecule has 18 heavy (non-hydrogen) atoms. The molecule has 0 radical (unpaired) electrons. The summed E-state index contributed by atoms with van der Waals surface area (Å²) in [5, 5.41) is 3.73. The fraction of sp³-hybridized carbons (Fsp3) is 0.818.